The van der Waals surface area contributed by atoms with Crippen molar-refractivity contribution < 1.29 is 9.32 Å². The molecule has 21 heavy (non-hydrogen) atoms. The molecule has 0 aliphatic rings. The van der Waals surface area contributed by atoms with Crippen molar-refractivity contribution in [1.82, 2.24) is 15.1 Å². The van der Waals surface area contributed by atoms with Crippen molar-refractivity contribution in [1.29, 1.82) is 5.26 Å². The highest BCUT2D eigenvalue weighted by Gasteiger charge is 2.13. The number of anilines is 1. The molecule has 2 rings (SSSR count). The number of nitrogens with zero attached hydrogens (tertiary/aromatic N) is 4. The summed E-state index contributed by atoms with van der Waals surface area (Å²) >= 11 is 1.19. The molecule has 0 bridgehead atoms. The first-order valence-corrected chi connectivity index (χ1v) is 7.09. The van der Waals surface area contributed by atoms with E-state index in [1.807, 2.05) is 0 Å². The van der Waals surface area contributed by atoms with Crippen LogP contribution in [0.5, 0.6) is 0 Å². The molecule has 1 N–H and O–H groups in total. The summed E-state index contributed by atoms with van der Waals surface area (Å²) in [6, 6.07) is 3.69. The monoisotopic (exact) mass is 303 g/mol. The first kappa shape index (κ1) is 15.0. The van der Waals surface area contributed by atoms with Crippen molar-refractivity contribution in [3.05, 3.63) is 28.9 Å². The lowest BCUT2D eigenvalue weighted by atomic mass is 10.3. The van der Waals surface area contributed by atoms with Gasteiger partial charge in [0.2, 0.25) is 5.91 Å². The van der Waals surface area contributed by atoms with Crippen LogP contribution in [-0.2, 0) is 4.79 Å². The third kappa shape index (κ3) is 3.79. The topological polar surface area (TPSA) is 105 Å². The summed E-state index contributed by atoms with van der Waals surface area (Å²) in [6.07, 6.45) is 0. The number of hydrogen-bond donors (Lipinski definition) is 1. The van der Waals surface area contributed by atoms with Crippen LogP contribution in [0.3, 0.4) is 0 Å². The first-order chi connectivity index (χ1) is 9.99. The van der Waals surface area contributed by atoms with Gasteiger partial charge in [-0.15, -0.1) is 0 Å². The van der Waals surface area contributed by atoms with Gasteiger partial charge in [0, 0.05) is 6.07 Å². The molecule has 0 unspecified atom stereocenters. The fourth-order valence-corrected chi connectivity index (χ4v) is 2.53. The van der Waals surface area contributed by atoms with Crippen LogP contribution in [0, 0.1) is 32.1 Å². The van der Waals surface area contributed by atoms with Gasteiger partial charge in [-0.05, 0) is 20.8 Å². The van der Waals surface area contributed by atoms with E-state index in [9.17, 15) is 4.79 Å². The maximum Gasteiger partial charge on any atom is 0.236 e. The molecule has 0 aromatic carbocycles. The van der Waals surface area contributed by atoms with Gasteiger partial charge >= 0.3 is 0 Å². The standard InChI is InChI=1S/C13H13N5O2S/c1-7-4-11(18-20-7)17-12(19)6-21-13-10(5-14)8(2)15-9(3)16-13/h4H,6H2,1-3H3,(H,17,18,19). The van der Waals surface area contributed by atoms with E-state index in [0.29, 0.717) is 33.7 Å². The van der Waals surface area contributed by atoms with Crippen molar-refractivity contribution in [2.75, 3.05) is 11.1 Å². The van der Waals surface area contributed by atoms with Crippen LogP contribution in [0.15, 0.2) is 15.6 Å². The van der Waals surface area contributed by atoms with E-state index in [-0.39, 0.29) is 11.7 Å². The van der Waals surface area contributed by atoms with Crippen LogP contribution in [0.2, 0.25) is 0 Å². The van der Waals surface area contributed by atoms with Gasteiger partial charge in [-0.25, -0.2) is 9.97 Å². The molecule has 108 valence electrons. The van der Waals surface area contributed by atoms with Crippen molar-refractivity contribution >= 4 is 23.5 Å². The van der Waals surface area contributed by atoms with Crippen molar-refractivity contribution in [2.24, 2.45) is 0 Å². The zero-order chi connectivity index (χ0) is 15.4. The molecule has 7 nitrogen and oxygen atoms in total. The fraction of sp³-hybridized carbons (Fsp3) is 0.308. The van der Waals surface area contributed by atoms with Crippen LogP contribution in [0.25, 0.3) is 0 Å². The van der Waals surface area contributed by atoms with Gasteiger partial charge in [0.15, 0.2) is 5.82 Å². The molecular weight excluding hydrogens is 290 g/mol. The van der Waals surface area contributed by atoms with E-state index in [0.717, 1.165) is 0 Å². The molecule has 0 radical (unpaired) electrons. The van der Waals surface area contributed by atoms with Crippen LogP contribution in [-0.4, -0.2) is 26.8 Å². The Bertz CT molecular complexity index is 720. The molecule has 2 aromatic rings. The van der Waals surface area contributed by atoms with E-state index in [4.69, 9.17) is 9.78 Å². The summed E-state index contributed by atoms with van der Waals surface area (Å²) in [5.41, 5.74) is 1.01. The minimum absolute atomic E-state index is 0.122. The summed E-state index contributed by atoms with van der Waals surface area (Å²) in [6.45, 7) is 5.23. The van der Waals surface area contributed by atoms with E-state index < -0.39 is 0 Å². The normalized spacial score (nSPS) is 10.2. The van der Waals surface area contributed by atoms with E-state index >= 15 is 0 Å². The van der Waals surface area contributed by atoms with Gasteiger partial charge in [-0.1, -0.05) is 16.9 Å². The van der Waals surface area contributed by atoms with Gasteiger partial charge in [0.1, 0.15) is 28.2 Å². The van der Waals surface area contributed by atoms with Crippen molar-refractivity contribution in [3.63, 3.8) is 0 Å². The number of hydrogen-bond acceptors (Lipinski definition) is 7. The average molecular weight is 303 g/mol. The Balaban J connectivity index is 2.03. The SMILES string of the molecule is Cc1nc(C)c(C#N)c(SCC(=O)Nc2cc(C)on2)n1. The smallest absolute Gasteiger partial charge is 0.236 e. The quantitative estimate of drug-likeness (QED) is 0.680. The lowest BCUT2D eigenvalue weighted by molar-refractivity contribution is -0.113. The van der Waals surface area contributed by atoms with Crippen molar-refractivity contribution in [3.8, 4) is 6.07 Å². The van der Waals surface area contributed by atoms with E-state index in [2.05, 4.69) is 26.5 Å². The van der Waals surface area contributed by atoms with Crippen LogP contribution >= 0.6 is 11.8 Å². The molecule has 8 heteroatoms. The number of amides is 1. The van der Waals surface area contributed by atoms with Gasteiger partial charge in [0.25, 0.3) is 0 Å². The maximum atomic E-state index is 11.8. The Hall–Kier alpha value is -2.40. The third-order valence-corrected chi connectivity index (χ3v) is 3.49. The zero-order valence-electron chi connectivity index (χ0n) is 11.8. The van der Waals surface area contributed by atoms with Gasteiger partial charge in [-0.3, -0.25) is 4.79 Å². The van der Waals surface area contributed by atoms with E-state index in [1.165, 1.54) is 11.8 Å². The van der Waals surface area contributed by atoms with Gasteiger partial charge in [0.05, 0.1) is 11.4 Å². The number of carbonyl (C=O) groups excluding carboxylic acids is 1. The molecule has 0 saturated carbocycles. The molecule has 0 saturated heterocycles. The predicted molar refractivity (Wildman–Crippen MR) is 76.8 cm³/mol. The Kier molecular flexibility index (Phi) is 4.55. The predicted octanol–water partition coefficient (Wildman–Crippen LogP) is 1.99. The number of rotatable bonds is 4. The number of nitriles is 1. The summed E-state index contributed by atoms with van der Waals surface area (Å²) in [5.74, 6) is 1.43. The number of aromatic nitrogens is 3. The number of carbonyl (C=O) groups is 1. The molecule has 0 spiro atoms. The molecule has 0 atom stereocenters. The van der Waals surface area contributed by atoms with Crippen LogP contribution in [0.1, 0.15) is 22.8 Å². The summed E-state index contributed by atoms with van der Waals surface area (Å²) in [7, 11) is 0. The maximum absolute atomic E-state index is 11.8. The van der Waals surface area contributed by atoms with Crippen molar-refractivity contribution in [2.45, 2.75) is 25.8 Å². The highest BCUT2D eigenvalue weighted by Crippen LogP contribution is 2.22. The lowest BCUT2D eigenvalue weighted by Gasteiger charge is -2.06. The minimum Gasteiger partial charge on any atom is -0.360 e. The highest BCUT2D eigenvalue weighted by atomic mass is 32.2. The summed E-state index contributed by atoms with van der Waals surface area (Å²) in [5, 5.41) is 15.9. The van der Waals surface area contributed by atoms with Crippen LogP contribution in [0.4, 0.5) is 5.82 Å². The van der Waals surface area contributed by atoms with Crippen LogP contribution < -0.4 is 5.32 Å². The van der Waals surface area contributed by atoms with Gasteiger partial charge in [-0.2, -0.15) is 5.26 Å². The second-order valence-electron chi connectivity index (χ2n) is 4.31. The second kappa shape index (κ2) is 6.37. The largest absolute Gasteiger partial charge is 0.360 e. The molecule has 2 heterocycles. The lowest BCUT2D eigenvalue weighted by Crippen LogP contribution is -2.14. The molecule has 0 aliphatic carbocycles. The van der Waals surface area contributed by atoms with E-state index in [1.54, 1.807) is 26.8 Å². The Morgan fingerprint density at radius 3 is 2.81 bits per heavy atom. The molecule has 1 amide bonds. The number of nitrogens with one attached hydrogen (secondary N) is 1. The molecule has 0 aliphatic heterocycles. The minimum atomic E-state index is -0.244. The third-order valence-electron chi connectivity index (χ3n) is 2.52. The fourth-order valence-electron chi connectivity index (χ4n) is 1.65. The summed E-state index contributed by atoms with van der Waals surface area (Å²) in [4.78, 5) is 20.2. The Morgan fingerprint density at radius 2 is 2.19 bits per heavy atom. The summed E-state index contributed by atoms with van der Waals surface area (Å²) < 4.78 is 4.86. The highest BCUT2D eigenvalue weighted by molar-refractivity contribution is 8.00. The Labute approximate surface area is 125 Å². The molecule has 0 fully saturated rings. The number of aryl methyl sites for hydroxylation is 3. The second-order valence-corrected chi connectivity index (χ2v) is 5.27. The van der Waals surface area contributed by atoms with Gasteiger partial charge < -0.3 is 9.84 Å². The zero-order valence-corrected chi connectivity index (χ0v) is 12.6. The average Bonchev–Trinajstić information content (AvgIpc) is 2.81. The first-order valence-electron chi connectivity index (χ1n) is 6.11. The Morgan fingerprint density at radius 1 is 1.43 bits per heavy atom. The number of thioether (sulfide) groups is 1. The molecule has 2 aromatic heterocycles. The molecular formula is C13H13N5O2S.